The van der Waals surface area contributed by atoms with E-state index in [2.05, 4.69) is 56.6 Å². The van der Waals surface area contributed by atoms with Gasteiger partial charge in [0.15, 0.2) is 5.82 Å². The molecule has 2 saturated carbocycles. The first-order valence-electron chi connectivity index (χ1n) is 16.5. The Balaban J connectivity index is 1.21. The molecule has 0 amide bonds. The third-order valence-electron chi connectivity index (χ3n) is 10.0. The molecule has 2 aliphatic carbocycles. The molecule has 0 saturated heterocycles. The molecule has 0 unspecified atom stereocenters. The Morgan fingerprint density at radius 2 is 1.31 bits per heavy atom. The first-order chi connectivity index (χ1) is 19.2. The van der Waals surface area contributed by atoms with Gasteiger partial charge in [-0.05, 0) is 86.7 Å². The van der Waals surface area contributed by atoms with Gasteiger partial charge in [0.05, 0.1) is 11.5 Å². The SMILES string of the molecule is CCCCCCCCC[C@H]1CC[C@H](c2cnc(-c3ccc([C@H]4CC[C@@](C#N)(CCCC)CC4)cc3)nc2)CC1. The minimum Gasteiger partial charge on any atom is -0.236 e. The quantitative estimate of drug-likeness (QED) is 0.229. The predicted octanol–water partition coefficient (Wildman–Crippen LogP) is 10.9. The molecular weight excluding hydrogens is 474 g/mol. The molecule has 0 radical (unpaired) electrons. The molecular formula is C36H53N3. The molecule has 212 valence electrons. The second-order valence-corrected chi connectivity index (χ2v) is 12.9. The van der Waals surface area contributed by atoms with Crippen LogP contribution < -0.4 is 0 Å². The minimum absolute atomic E-state index is 0.0746. The van der Waals surface area contributed by atoms with Gasteiger partial charge in [-0.2, -0.15) is 5.26 Å². The van der Waals surface area contributed by atoms with Gasteiger partial charge in [0.25, 0.3) is 0 Å². The highest BCUT2D eigenvalue weighted by molar-refractivity contribution is 5.55. The monoisotopic (exact) mass is 527 g/mol. The van der Waals surface area contributed by atoms with Crippen LogP contribution in [0.5, 0.6) is 0 Å². The summed E-state index contributed by atoms with van der Waals surface area (Å²) < 4.78 is 0. The van der Waals surface area contributed by atoms with Crippen LogP contribution in [-0.2, 0) is 0 Å². The van der Waals surface area contributed by atoms with Gasteiger partial charge in [-0.25, -0.2) is 9.97 Å². The summed E-state index contributed by atoms with van der Waals surface area (Å²) in [6.07, 6.45) is 28.6. The molecule has 2 aromatic rings. The highest BCUT2D eigenvalue weighted by Gasteiger charge is 2.35. The van der Waals surface area contributed by atoms with Gasteiger partial charge in [0.1, 0.15) is 0 Å². The number of hydrogen-bond acceptors (Lipinski definition) is 3. The Morgan fingerprint density at radius 1 is 0.718 bits per heavy atom. The fraction of sp³-hybridized carbons (Fsp3) is 0.694. The van der Waals surface area contributed by atoms with E-state index in [-0.39, 0.29) is 5.41 Å². The van der Waals surface area contributed by atoms with E-state index in [0.717, 1.165) is 49.4 Å². The maximum atomic E-state index is 9.81. The van der Waals surface area contributed by atoms with Crippen LogP contribution >= 0.6 is 0 Å². The smallest absolute Gasteiger partial charge is 0.159 e. The van der Waals surface area contributed by atoms with Crippen molar-refractivity contribution < 1.29 is 0 Å². The van der Waals surface area contributed by atoms with Gasteiger partial charge in [0.2, 0.25) is 0 Å². The van der Waals surface area contributed by atoms with E-state index in [9.17, 15) is 5.26 Å². The van der Waals surface area contributed by atoms with Crippen LogP contribution in [0, 0.1) is 22.7 Å². The van der Waals surface area contributed by atoms with Crippen LogP contribution in [0.2, 0.25) is 0 Å². The normalized spacial score (nSPS) is 25.3. The summed E-state index contributed by atoms with van der Waals surface area (Å²) >= 11 is 0. The fourth-order valence-corrected chi connectivity index (χ4v) is 7.21. The lowest BCUT2D eigenvalue weighted by molar-refractivity contribution is 0.224. The zero-order valence-electron chi connectivity index (χ0n) is 25.0. The summed E-state index contributed by atoms with van der Waals surface area (Å²) in [5.41, 5.74) is 3.77. The van der Waals surface area contributed by atoms with E-state index >= 15 is 0 Å². The molecule has 2 aliphatic rings. The lowest BCUT2D eigenvalue weighted by Gasteiger charge is -2.35. The van der Waals surface area contributed by atoms with Crippen LogP contribution in [-0.4, -0.2) is 9.97 Å². The molecule has 3 heteroatoms. The second kappa shape index (κ2) is 15.5. The molecule has 0 atom stereocenters. The molecule has 0 N–H and O–H groups in total. The van der Waals surface area contributed by atoms with Crippen molar-refractivity contribution in [2.45, 2.75) is 148 Å². The van der Waals surface area contributed by atoms with E-state index in [0.29, 0.717) is 11.8 Å². The molecule has 2 fully saturated rings. The maximum absolute atomic E-state index is 9.81. The van der Waals surface area contributed by atoms with E-state index < -0.39 is 0 Å². The van der Waals surface area contributed by atoms with Crippen molar-refractivity contribution in [2.24, 2.45) is 11.3 Å². The van der Waals surface area contributed by atoms with Crippen molar-refractivity contribution in [1.29, 1.82) is 5.26 Å². The van der Waals surface area contributed by atoms with E-state index in [1.54, 1.807) is 0 Å². The number of rotatable bonds is 14. The van der Waals surface area contributed by atoms with Crippen molar-refractivity contribution in [3.05, 3.63) is 47.8 Å². The molecule has 1 aromatic heterocycles. The Kier molecular flexibility index (Phi) is 11.9. The Hall–Kier alpha value is -2.21. The fourth-order valence-electron chi connectivity index (χ4n) is 7.21. The summed E-state index contributed by atoms with van der Waals surface area (Å²) in [4.78, 5) is 9.58. The van der Waals surface area contributed by atoms with Gasteiger partial charge in [-0.1, -0.05) is 102 Å². The zero-order chi connectivity index (χ0) is 27.3. The van der Waals surface area contributed by atoms with E-state index in [1.807, 2.05) is 0 Å². The summed E-state index contributed by atoms with van der Waals surface area (Å²) in [5, 5.41) is 9.81. The first kappa shape index (κ1) is 29.8. The number of nitriles is 1. The van der Waals surface area contributed by atoms with E-state index in [4.69, 9.17) is 9.97 Å². The molecule has 3 nitrogen and oxygen atoms in total. The molecule has 1 aromatic carbocycles. The Morgan fingerprint density at radius 3 is 1.92 bits per heavy atom. The Bertz CT molecular complexity index is 987. The third kappa shape index (κ3) is 8.64. The van der Waals surface area contributed by atoms with Crippen molar-refractivity contribution in [3.63, 3.8) is 0 Å². The Labute approximate surface area is 239 Å². The predicted molar refractivity (Wildman–Crippen MR) is 164 cm³/mol. The molecule has 0 spiro atoms. The number of nitrogens with zero attached hydrogens (tertiary/aromatic N) is 3. The van der Waals surface area contributed by atoms with Gasteiger partial charge in [0, 0.05) is 18.0 Å². The lowest BCUT2D eigenvalue weighted by atomic mass is 9.67. The number of hydrogen-bond donors (Lipinski definition) is 0. The van der Waals surface area contributed by atoms with Crippen LogP contribution in [0.4, 0.5) is 0 Å². The van der Waals surface area contributed by atoms with Crippen molar-refractivity contribution in [1.82, 2.24) is 9.97 Å². The summed E-state index contributed by atoms with van der Waals surface area (Å²) in [6, 6.07) is 11.6. The molecule has 0 bridgehead atoms. The number of benzene rings is 1. The lowest BCUT2D eigenvalue weighted by Crippen LogP contribution is -2.25. The standard InChI is InChI=1S/C36H53N3/c1-3-5-7-8-9-10-11-12-29-13-15-31(16-14-29)34-26-38-35(39-27-34)33-19-17-30(18-20-33)32-21-24-36(28-37,25-22-32)23-6-4-2/h17-20,26-27,29,31-32H,3-16,21-25H2,1-2H3/t29-,31-,32-,36-. The average molecular weight is 528 g/mol. The largest absolute Gasteiger partial charge is 0.236 e. The van der Waals surface area contributed by atoms with Gasteiger partial charge in [-0.3, -0.25) is 0 Å². The first-order valence-corrected chi connectivity index (χ1v) is 16.5. The number of aromatic nitrogens is 2. The molecule has 0 aliphatic heterocycles. The van der Waals surface area contributed by atoms with Crippen molar-refractivity contribution in [3.8, 4) is 17.5 Å². The topological polar surface area (TPSA) is 49.6 Å². The van der Waals surface area contributed by atoms with E-state index in [1.165, 1.54) is 101 Å². The van der Waals surface area contributed by atoms with Gasteiger partial charge >= 0.3 is 0 Å². The van der Waals surface area contributed by atoms with Crippen molar-refractivity contribution >= 4 is 0 Å². The van der Waals surface area contributed by atoms with Crippen molar-refractivity contribution in [2.75, 3.05) is 0 Å². The minimum atomic E-state index is -0.0746. The van der Waals surface area contributed by atoms with Gasteiger partial charge < -0.3 is 0 Å². The average Bonchev–Trinajstić information content (AvgIpc) is 3.00. The van der Waals surface area contributed by atoms with Crippen LogP contribution in [0.3, 0.4) is 0 Å². The highest BCUT2D eigenvalue weighted by atomic mass is 14.9. The molecule has 1 heterocycles. The third-order valence-corrected chi connectivity index (χ3v) is 10.0. The molecule has 39 heavy (non-hydrogen) atoms. The summed E-state index contributed by atoms with van der Waals surface area (Å²) in [7, 11) is 0. The number of unbranched alkanes of at least 4 members (excludes halogenated alkanes) is 7. The maximum Gasteiger partial charge on any atom is 0.159 e. The van der Waals surface area contributed by atoms with Crippen LogP contribution in [0.1, 0.15) is 159 Å². The zero-order valence-corrected chi connectivity index (χ0v) is 25.0. The van der Waals surface area contributed by atoms with Gasteiger partial charge in [-0.15, -0.1) is 0 Å². The summed E-state index contributed by atoms with van der Waals surface area (Å²) in [5.74, 6) is 2.99. The van der Waals surface area contributed by atoms with Crippen LogP contribution in [0.15, 0.2) is 36.7 Å². The summed E-state index contributed by atoms with van der Waals surface area (Å²) in [6.45, 7) is 4.52. The molecule has 4 rings (SSSR count). The highest BCUT2D eigenvalue weighted by Crippen LogP contribution is 2.45. The van der Waals surface area contributed by atoms with Crippen LogP contribution in [0.25, 0.3) is 11.4 Å². The second-order valence-electron chi connectivity index (χ2n) is 12.9.